The van der Waals surface area contributed by atoms with E-state index in [2.05, 4.69) is 51.3 Å². The molecule has 0 radical (unpaired) electrons. The first-order valence-corrected chi connectivity index (χ1v) is 11.1. The van der Waals surface area contributed by atoms with Crippen LogP contribution in [0.5, 0.6) is 0 Å². The summed E-state index contributed by atoms with van der Waals surface area (Å²) >= 11 is 0. The molecule has 31 heavy (non-hydrogen) atoms. The first kappa shape index (κ1) is 24.4. The zero-order valence-corrected chi connectivity index (χ0v) is 20.0. The van der Waals surface area contributed by atoms with Crippen LogP contribution >= 0.6 is 0 Å². The molecule has 0 aliphatic carbocycles. The van der Waals surface area contributed by atoms with E-state index in [4.69, 9.17) is 5.10 Å². The second-order valence-corrected chi connectivity index (χ2v) is 9.03. The Bertz CT molecular complexity index is 911. The van der Waals surface area contributed by atoms with Crippen molar-refractivity contribution < 1.29 is 9.59 Å². The Labute approximate surface area is 186 Å². The van der Waals surface area contributed by atoms with Gasteiger partial charge < -0.3 is 15.5 Å². The average Bonchev–Trinajstić information content (AvgIpc) is 3.09. The van der Waals surface area contributed by atoms with Crippen LogP contribution in [0.1, 0.15) is 64.3 Å². The van der Waals surface area contributed by atoms with E-state index >= 15 is 0 Å². The molecule has 0 unspecified atom stereocenters. The lowest BCUT2D eigenvalue weighted by atomic mass is 9.92. The molecule has 1 aromatic heterocycles. The summed E-state index contributed by atoms with van der Waals surface area (Å²) in [6.45, 7) is 15.4. The van der Waals surface area contributed by atoms with Crippen molar-refractivity contribution in [3.05, 3.63) is 41.1 Å². The van der Waals surface area contributed by atoms with Crippen molar-refractivity contribution in [1.82, 2.24) is 20.0 Å². The molecule has 2 rings (SSSR count). The Kier molecular flexibility index (Phi) is 8.25. The molecule has 170 valence electrons. The smallest absolute Gasteiger partial charge is 0.317 e. The standard InChI is InChI=1S/C24H37N5O2/c1-8-10-13-28(23(31)25-9-2)16-22(30)26-21-15-20(24(5,6)7)27-29(21)19-12-11-17(3)14-18(19)4/h11-12,14-15H,8-10,13,16H2,1-7H3,(H,25,31)(H,26,30). The van der Waals surface area contributed by atoms with Crippen LogP contribution in [-0.2, 0) is 10.2 Å². The molecule has 7 nitrogen and oxygen atoms in total. The predicted octanol–water partition coefficient (Wildman–Crippen LogP) is 4.56. The molecule has 0 saturated heterocycles. The first-order chi connectivity index (χ1) is 14.6. The number of urea groups is 1. The van der Waals surface area contributed by atoms with Gasteiger partial charge in [-0.05, 0) is 38.8 Å². The van der Waals surface area contributed by atoms with E-state index in [1.807, 2.05) is 32.0 Å². The molecule has 0 aliphatic heterocycles. The van der Waals surface area contributed by atoms with Gasteiger partial charge in [0.2, 0.25) is 5.91 Å². The van der Waals surface area contributed by atoms with Crippen molar-refractivity contribution in [3.8, 4) is 5.69 Å². The average molecular weight is 428 g/mol. The highest BCUT2D eigenvalue weighted by Crippen LogP contribution is 2.27. The summed E-state index contributed by atoms with van der Waals surface area (Å²) in [5.41, 5.74) is 3.88. The van der Waals surface area contributed by atoms with E-state index in [9.17, 15) is 9.59 Å². The van der Waals surface area contributed by atoms with E-state index in [1.54, 1.807) is 9.58 Å². The van der Waals surface area contributed by atoms with Gasteiger partial charge >= 0.3 is 6.03 Å². The zero-order chi connectivity index (χ0) is 23.2. The molecular formula is C24H37N5O2. The number of unbranched alkanes of at least 4 members (excludes halogenated alkanes) is 1. The topological polar surface area (TPSA) is 79.3 Å². The van der Waals surface area contributed by atoms with Crippen LogP contribution in [0, 0.1) is 13.8 Å². The minimum Gasteiger partial charge on any atom is -0.338 e. The third-order valence-corrected chi connectivity index (χ3v) is 5.06. The monoisotopic (exact) mass is 427 g/mol. The minimum atomic E-state index is -0.242. The van der Waals surface area contributed by atoms with E-state index < -0.39 is 0 Å². The Morgan fingerprint density at radius 2 is 1.84 bits per heavy atom. The van der Waals surface area contributed by atoms with E-state index in [1.165, 1.54) is 5.56 Å². The molecule has 0 atom stereocenters. The van der Waals surface area contributed by atoms with Gasteiger partial charge in [-0.3, -0.25) is 4.79 Å². The van der Waals surface area contributed by atoms with E-state index in [0.29, 0.717) is 18.9 Å². The molecule has 2 aromatic rings. The van der Waals surface area contributed by atoms with Crippen LogP contribution in [0.15, 0.2) is 24.3 Å². The fraction of sp³-hybridized carbons (Fsp3) is 0.542. The number of carbonyl (C=O) groups is 2. The van der Waals surface area contributed by atoms with Crippen LogP contribution < -0.4 is 10.6 Å². The molecule has 0 aliphatic rings. The number of carbonyl (C=O) groups excluding carboxylic acids is 2. The summed E-state index contributed by atoms with van der Waals surface area (Å²) in [4.78, 5) is 26.8. The molecule has 3 amide bonds. The minimum absolute atomic E-state index is 0.00521. The molecule has 1 heterocycles. The molecule has 2 N–H and O–H groups in total. The Morgan fingerprint density at radius 1 is 1.13 bits per heavy atom. The molecule has 0 fully saturated rings. The number of aromatic nitrogens is 2. The fourth-order valence-electron chi connectivity index (χ4n) is 3.28. The summed E-state index contributed by atoms with van der Waals surface area (Å²) in [7, 11) is 0. The van der Waals surface area contributed by atoms with Crippen LogP contribution in [0.2, 0.25) is 0 Å². The van der Waals surface area contributed by atoms with Gasteiger partial charge in [-0.15, -0.1) is 0 Å². The number of amides is 3. The summed E-state index contributed by atoms with van der Waals surface area (Å²) in [5.74, 6) is 0.363. The van der Waals surface area contributed by atoms with Crippen molar-refractivity contribution in [1.29, 1.82) is 0 Å². The first-order valence-electron chi connectivity index (χ1n) is 11.1. The number of anilines is 1. The molecule has 1 aromatic carbocycles. The van der Waals surface area contributed by atoms with Crippen LogP contribution in [-0.4, -0.2) is 46.3 Å². The highest BCUT2D eigenvalue weighted by molar-refractivity contribution is 5.94. The van der Waals surface area contributed by atoms with Gasteiger partial charge in [0.15, 0.2) is 0 Å². The zero-order valence-electron chi connectivity index (χ0n) is 20.0. The van der Waals surface area contributed by atoms with Gasteiger partial charge in [-0.2, -0.15) is 5.10 Å². The Balaban J connectivity index is 2.32. The van der Waals surface area contributed by atoms with Crippen molar-refractivity contribution in [3.63, 3.8) is 0 Å². The van der Waals surface area contributed by atoms with Gasteiger partial charge in [0.1, 0.15) is 12.4 Å². The number of hydrogen-bond acceptors (Lipinski definition) is 3. The number of hydrogen-bond donors (Lipinski definition) is 2. The van der Waals surface area contributed by atoms with Gasteiger partial charge in [-0.25, -0.2) is 9.48 Å². The fourth-order valence-corrected chi connectivity index (χ4v) is 3.28. The van der Waals surface area contributed by atoms with Crippen LogP contribution in [0.3, 0.4) is 0 Å². The van der Waals surface area contributed by atoms with Gasteiger partial charge in [0, 0.05) is 24.6 Å². The van der Waals surface area contributed by atoms with Crippen LogP contribution in [0.4, 0.5) is 10.6 Å². The molecular weight excluding hydrogens is 390 g/mol. The third kappa shape index (κ3) is 6.57. The summed E-state index contributed by atoms with van der Waals surface area (Å²) < 4.78 is 1.79. The second-order valence-electron chi connectivity index (χ2n) is 9.03. The lowest BCUT2D eigenvalue weighted by molar-refractivity contribution is -0.116. The van der Waals surface area contributed by atoms with Gasteiger partial charge in [0.25, 0.3) is 0 Å². The number of rotatable bonds is 8. The van der Waals surface area contributed by atoms with Crippen molar-refractivity contribution in [2.75, 3.05) is 25.0 Å². The lowest BCUT2D eigenvalue weighted by Crippen LogP contribution is -2.44. The lowest BCUT2D eigenvalue weighted by Gasteiger charge is -2.22. The number of benzene rings is 1. The van der Waals surface area contributed by atoms with Crippen molar-refractivity contribution >= 4 is 17.8 Å². The highest BCUT2D eigenvalue weighted by Gasteiger charge is 2.23. The molecule has 0 bridgehead atoms. The Hall–Kier alpha value is -2.83. The van der Waals surface area contributed by atoms with Crippen molar-refractivity contribution in [2.45, 2.75) is 66.7 Å². The summed E-state index contributed by atoms with van der Waals surface area (Å²) in [6, 6.07) is 7.85. The number of nitrogens with zero attached hydrogens (tertiary/aromatic N) is 3. The van der Waals surface area contributed by atoms with E-state index in [-0.39, 0.29) is 23.9 Å². The normalized spacial score (nSPS) is 11.3. The number of nitrogens with one attached hydrogen (secondary N) is 2. The van der Waals surface area contributed by atoms with Gasteiger partial charge in [0.05, 0.1) is 11.4 Å². The van der Waals surface area contributed by atoms with Crippen molar-refractivity contribution in [2.24, 2.45) is 0 Å². The van der Waals surface area contributed by atoms with E-state index in [0.717, 1.165) is 29.8 Å². The summed E-state index contributed by atoms with van der Waals surface area (Å²) in [6.07, 6.45) is 1.80. The predicted molar refractivity (Wildman–Crippen MR) is 126 cm³/mol. The highest BCUT2D eigenvalue weighted by atomic mass is 16.2. The third-order valence-electron chi connectivity index (χ3n) is 5.06. The largest absolute Gasteiger partial charge is 0.338 e. The van der Waals surface area contributed by atoms with Crippen LogP contribution in [0.25, 0.3) is 5.69 Å². The summed E-state index contributed by atoms with van der Waals surface area (Å²) in [5, 5.41) is 10.6. The Morgan fingerprint density at radius 3 is 2.42 bits per heavy atom. The maximum absolute atomic E-state index is 12.9. The second kappa shape index (κ2) is 10.5. The quantitative estimate of drug-likeness (QED) is 0.648. The maximum atomic E-state index is 12.9. The number of aryl methyl sites for hydroxylation is 2. The maximum Gasteiger partial charge on any atom is 0.317 e. The molecule has 0 spiro atoms. The molecule has 0 saturated carbocycles. The SMILES string of the molecule is CCCCN(CC(=O)Nc1cc(C(C)(C)C)nn1-c1ccc(C)cc1C)C(=O)NCC. The molecule has 7 heteroatoms. The van der Waals surface area contributed by atoms with Gasteiger partial charge in [-0.1, -0.05) is 51.8 Å².